The monoisotopic (exact) mass is 398 g/mol. The minimum atomic E-state index is -0.459. The SMILES string of the molecule is CCOC(=O)c1cc(C(=O)CC)c2c(c1)[C@@H](c1cccc(OCCO)c1)[C@@H](C)O2. The van der Waals surface area contributed by atoms with Gasteiger partial charge < -0.3 is 19.3 Å². The summed E-state index contributed by atoms with van der Waals surface area (Å²) in [6, 6.07) is 10.9. The Morgan fingerprint density at radius 2 is 1.97 bits per heavy atom. The van der Waals surface area contributed by atoms with Crippen molar-refractivity contribution >= 4 is 11.8 Å². The van der Waals surface area contributed by atoms with Crippen LogP contribution in [0.2, 0.25) is 0 Å². The molecule has 2 aromatic carbocycles. The minimum absolute atomic E-state index is 0.0681. The average molecular weight is 398 g/mol. The predicted molar refractivity (Wildman–Crippen MR) is 108 cm³/mol. The fraction of sp³-hybridized carbons (Fsp3) is 0.391. The first-order valence-electron chi connectivity index (χ1n) is 9.88. The average Bonchev–Trinajstić information content (AvgIpc) is 3.07. The highest BCUT2D eigenvalue weighted by Crippen LogP contribution is 2.45. The molecule has 1 aliphatic rings. The Hall–Kier alpha value is -2.86. The Morgan fingerprint density at radius 1 is 1.17 bits per heavy atom. The van der Waals surface area contributed by atoms with Crippen LogP contribution in [0.5, 0.6) is 11.5 Å². The maximum absolute atomic E-state index is 12.6. The Morgan fingerprint density at radius 3 is 2.66 bits per heavy atom. The normalized spacial score (nSPS) is 17.4. The number of rotatable bonds is 8. The third-order valence-electron chi connectivity index (χ3n) is 4.94. The first-order valence-corrected chi connectivity index (χ1v) is 9.88. The van der Waals surface area contributed by atoms with Crippen molar-refractivity contribution in [3.05, 3.63) is 58.7 Å². The smallest absolute Gasteiger partial charge is 0.338 e. The molecule has 154 valence electrons. The van der Waals surface area contributed by atoms with E-state index in [-0.39, 0.29) is 37.6 Å². The molecule has 0 fully saturated rings. The van der Waals surface area contributed by atoms with Crippen molar-refractivity contribution in [3.8, 4) is 11.5 Å². The van der Waals surface area contributed by atoms with Crippen molar-refractivity contribution in [2.24, 2.45) is 0 Å². The van der Waals surface area contributed by atoms with E-state index >= 15 is 0 Å². The number of carbonyl (C=O) groups excluding carboxylic acids is 2. The van der Waals surface area contributed by atoms with Crippen LogP contribution in [0.3, 0.4) is 0 Å². The van der Waals surface area contributed by atoms with E-state index in [2.05, 4.69) is 0 Å². The van der Waals surface area contributed by atoms with Crippen LogP contribution < -0.4 is 9.47 Å². The van der Waals surface area contributed by atoms with Crippen molar-refractivity contribution in [2.45, 2.75) is 39.2 Å². The number of ketones is 1. The third-order valence-corrected chi connectivity index (χ3v) is 4.94. The van der Waals surface area contributed by atoms with E-state index in [9.17, 15) is 9.59 Å². The lowest BCUT2D eigenvalue weighted by Gasteiger charge is -2.17. The number of fused-ring (bicyclic) bond motifs is 1. The van der Waals surface area contributed by atoms with E-state index in [1.54, 1.807) is 26.0 Å². The highest BCUT2D eigenvalue weighted by molar-refractivity contribution is 6.02. The summed E-state index contributed by atoms with van der Waals surface area (Å²) in [5, 5.41) is 8.99. The number of esters is 1. The second kappa shape index (κ2) is 9.09. The van der Waals surface area contributed by atoms with E-state index in [0.717, 1.165) is 11.1 Å². The molecule has 6 nitrogen and oxygen atoms in total. The van der Waals surface area contributed by atoms with Crippen LogP contribution in [0.15, 0.2) is 36.4 Å². The molecule has 0 bridgehead atoms. The molecule has 2 atom stereocenters. The van der Waals surface area contributed by atoms with Gasteiger partial charge in [-0.25, -0.2) is 4.79 Å². The van der Waals surface area contributed by atoms with Crippen LogP contribution in [0.4, 0.5) is 0 Å². The van der Waals surface area contributed by atoms with Crippen LogP contribution >= 0.6 is 0 Å². The van der Waals surface area contributed by atoms with Crippen molar-refractivity contribution in [2.75, 3.05) is 19.8 Å². The Labute approximate surface area is 170 Å². The lowest BCUT2D eigenvalue weighted by molar-refractivity contribution is 0.0526. The van der Waals surface area contributed by atoms with Gasteiger partial charge in [-0.2, -0.15) is 0 Å². The molecule has 1 heterocycles. The molecular weight excluding hydrogens is 372 g/mol. The molecule has 0 unspecified atom stereocenters. The molecule has 6 heteroatoms. The number of aliphatic hydroxyl groups excluding tert-OH is 1. The number of Topliss-reactive ketones (excluding diaryl/α,β-unsaturated/α-hetero) is 1. The van der Waals surface area contributed by atoms with Crippen molar-refractivity contribution < 1.29 is 28.9 Å². The van der Waals surface area contributed by atoms with E-state index in [4.69, 9.17) is 19.3 Å². The fourth-order valence-corrected chi connectivity index (χ4v) is 3.66. The summed E-state index contributed by atoms with van der Waals surface area (Å²) < 4.78 is 16.8. The summed E-state index contributed by atoms with van der Waals surface area (Å²) in [5.74, 6) is 0.465. The van der Waals surface area contributed by atoms with Gasteiger partial charge in [0.15, 0.2) is 5.78 Å². The topological polar surface area (TPSA) is 82.1 Å². The van der Waals surface area contributed by atoms with Crippen molar-refractivity contribution in [1.29, 1.82) is 0 Å². The summed E-state index contributed by atoms with van der Waals surface area (Å²) in [5.41, 5.74) is 2.50. The van der Waals surface area contributed by atoms with Gasteiger partial charge in [-0.05, 0) is 43.7 Å². The first-order chi connectivity index (χ1) is 14.0. The molecule has 0 radical (unpaired) electrons. The molecule has 2 aromatic rings. The summed E-state index contributed by atoms with van der Waals surface area (Å²) in [6.45, 7) is 5.86. The Balaban J connectivity index is 2.09. The molecule has 0 spiro atoms. The fourth-order valence-electron chi connectivity index (χ4n) is 3.66. The molecule has 29 heavy (non-hydrogen) atoms. The second-order valence-electron chi connectivity index (χ2n) is 6.88. The number of hydrogen-bond acceptors (Lipinski definition) is 6. The Bertz CT molecular complexity index is 904. The van der Waals surface area contributed by atoms with E-state index in [1.165, 1.54) is 0 Å². The molecule has 0 aliphatic carbocycles. The number of ether oxygens (including phenoxy) is 3. The van der Waals surface area contributed by atoms with Crippen LogP contribution in [0.1, 0.15) is 65.0 Å². The van der Waals surface area contributed by atoms with Gasteiger partial charge in [-0.1, -0.05) is 19.1 Å². The molecule has 0 amide bonds. The van der Waals surface area contributed by atoms with Gasteiger partial charge in [-0.15, -0.1) is 0 Å². The van der Waals surface area contributed by atoms with Gasteiger partial charge in [0.2, 0.25) is 0 Å². The number of benzene rings is 2. The largest absolute Gasteiger partial charge is 0.491 e. The first kappa shape index (κ1) is 20.9. The molecule has 0 saturated carbocycles. The standard InChI is InChI=1S/C23H26O6/c1-4-20(25)18-12-16(23(26)27-5-2)13-19-21(14(3)29-22(18)19)15-7-6-8-17(11-15)28-10-9-24/h6-8,11-14,21,24H,4-5,9-10H2,1-3H3/t14-,21-/m1/s1. The number of carbonyl (C=O) groups is 2. The summed E-state index contributed by atoms with van der Waals surface area (Å²) >= 11 is 0. The van der Waals surface area contributed by atoms with Crippen LogP contribution in [-0.2, 0) is 4.74 Å². The van der Waals surface area contributed by atoms with Crippen LogP contribution in [-0.4, -0.2) is 42.8 Å². The molecule has 1 N–H and O–H groups in total. The van der Waals surface area contributed by atoms with Crippen molar-refractivity contribution in [3.63, 3.8) is 0 Å². The molecule has 0 saturated heterocycles. The van der Waals surface area contributed by atoms with Gasteiger partial charge in [0, 0.05) is 17.9 Å². The van der Waals surface area contributed by atoms with Gasteiger partial charge >= 0.3 is 5.97 Å². The molecular formula is C23H26O6. The molecule has 3 rings (SSSR count). The van der Waals surface area contributed by atoms with Crippen molar-refractivity contribution in [1.82, 2.24) is 0 Å². The highest BCUT2D eigenvalue weighted by atomic mass is 16.5. The van der Waals surface area contributed by atoms with Crippen LogP contribution in [0.25, 0.3) is 0 Å². The maximum Gasteiger partial charge on any atom is 0.338 e. The molecule has 1 aliphatic heterocycles. The Kier molecular flexibility index (Phi) is 6.54. The summed E-state index contributed by atoms with van der Waals surface area (Å²) in [7, 11) is 0. The number of hydrogen-bond donors (Lipinski definition) is 1. The second-order valence-corrected chi connectivity index (χ2v) is 6.88. The van der Waals surface area contributed by atoms with Gasteiger partial charge in [0.25, 0.3) is 0 Å². The van der Waals surface area contributed by atoms with Gasteiger partial charge in [0.05, 0.1) is 24.3 Å². The zero-order valence-electron chi connectivity index (χ0n) is 16.9. The predicted octanol–water partition coefficient (Wildman–Crippen LogP) is 3.74. The summed E-state index contributed by atoms with van der Waals surface area (Å²) in [6.07, 6.45) is 0.0879. The lowest BCUT2D eigenvalue weighted by atomic mass is 9.86. The number of aliphatic hydroxyl groups is 1. The van der Waals surface area contributed by atoms with E-state index < -0.39 is 5.97 Å². The quantitative estimate of drug-likeness (QED) is 0.539. The molecule has 0 aromatic heterocycles. The summed E-state index contributed by atoms with van der Waals surface area (Å²) in [4.78, 5) is 24.9. The third kappa shape index (κ3) is 4.27. The maximum atomic E-state index is 12.6. The van der Waals surface area contributed by atoms with Gasteiger partial charge in [-0.3, -0.25) is 4.79 Å². The lowest BCUT2D eigenvalue weighted by Crippen LogP contribution is -2.15. The zero-order chi connectivity index (χ0) is 21.0. The van der Waals surface area contributed by atoms with E-state index in [0.29, 0.717) is 29.0 Å². The zero-order valence-corrected chi connectivity index (χ0v) is 16.9. The highest BCUT2D eigenvalue weighted by Gasteiger charge is 2.36. The van der Waals surface area contributed by atoms with Gasteiger partial charge in [0.1, 0.15) is 24.2 Å². The van der Waals surface area contributed by atoms with Crippen LogP contribution in [0, 0.1) is 0 Å². The minimum Gasteiger partial charge on any atom is -0.491 e. The van der Waals surface area contributed by atoms with E-state index in [1.807, 2.05) is 31.2 Å².